The average Bonchev–Trinajstić information content (AvgIpc) is 2.57. The summed E-state index contributed by atoms with van der Waals surface area (Å²) in [5, 5.41) is 0. The van der Waals surface area contributed by atoms with Gasteiger partial charge >= 0.3 is 0 Å². The van der Waals surface area contributed by atoms with Crippen molar-refractivity contribution in [1.82, 2.24) is 0 Å². The Labute approximate surface area is 94.1 Å². The van der Waals surface area contributed by atoms with Crippen LogP contribution in [0.15, 0.2) is 11.6 Å². The van der Waals surface area contributed by atoms with Gasteiger partial charge in [0.2, 0.25) is 0 Å². The Morgan fingerprint density at radius 2 is 2.00 bits per heavy atom. The van der Waals surface area contributed by atoms with Gasteiger partial charge < -0.3 is 0 Å². The zero-order valence-electron chi connectivity index (χ0n) is 10.6. The highest BCUT2D eigenvalue weighted by Crippen LogP contribution is 2.71. The van der Waals surface area contributed by atoms with E-state index in [4.69, 9.17) is 0 Å². The van der Waals surface area contributed by atoms with Crippen LogP contribution in [-0.2, 0) is 0 Å². The van der Waals surface area contributed by atoms with Crippen molar-refractivity contribution in [2.45, 2.75) is 53.4 Å². The lowest BCUT2D eigenvalue weighted by atomic mass is 9.68. The summed E-state index contributed by atoms with van der Waals surface area (Å²) in [7, 11) is 0. The summed E-state index contributed by atoms with van der Waals surface area (Å²) in [4.78, 5) is 0. The van der Waals surface area contributed by atoms with Crippen LogP contribution in [0.2, 0.25) is 0 Å². The minimum atomic E-state index is 0.571. The van der Waals surface area contributed by atoms with Gasteiger partial charge in [-0.3, -0.25) is 0 Å². The highest BCUT2D eigenvalue weighted by atomic mass is 14.7. The second kappa shape index (κ2) is 2.70. The molecule has 2 fully saturated rings. The molecule has 3 rings (SSSR count). The molecule has 0 heteroatoms. The summed E-state index contributed by atoms with van der Waals surface area (Å²) < 4.78 is 0. The molecule has 15 heavy (non-hydrogen) atoms. The van der Waals surface area contributed by atoms with E-state index in [2.05, 4.69) is 33.8 Å². The van der Waals surface area contributed by atoms with E-state index in [1.54, 1.807) is 5.57 Å². The maximum absolute atomic E-state index is 2.57. The van der Waals surface area contributed by atoms with Gasteiger partial charge in [-0.2, -0.15) is 0 Å². The molecule has 0 amide bonds. The largest absolute Gasteiger partial charge is 0.0847 e. The molecular weight excluding hydrogens is 180 g/mol. The molecule has 0 heterocycles. The molecule has 0 N–H and O–H groups in total. The van der Waals surface area contributed by atoms with Gasteiger partial charge in [0.1, 0.15) is 0 Å². The zero-order valence-corrected chi connectivity index (χ0v) is 10.6. The molecular formula is C15H24. The van der Waals surface area contributed by atoms with Crippen molar-refractivity contribution >= 4 is 0 Å². The van der Waals surface area contributed by atoms with Crippen molar-refractivity contribution in [1.29, 1.82) is 0 Å². The van der Waals surface area contributed by atoms with E-state index in [9.17, 15) is 0 Å². The summed E-state index contributed by atoms with van der Waals surface area (Å²) in [5.74, 6) is 2.86. The third kappa shape index (κ3) is 0.990. The van der Waals surface area contributed by atoms with Gasteiger partial charge in [-0.15, -0.1) is 0 Å². The first-order valence-corrected chi connectivity index (χ1v) is 6.65. The summed E-state index contributed by atoms with van der Waals surface area (Å²) in [5.41, 5.74) is 2.96. The Balaban J connectivity index is 2.11. The molecule has 0 radical (unpaired) electrons. The van der Waals surface area contributed by atoms with Crippen LogP contribution in [-0.4, -0.2) is 0 Å². The van der Waals surface area contributed by atoms with Crippen LogP contribution in [0.5, 0.6) is 0 Å². The molecule has 0 aliphatic heterocycles. The number of hydrogen-bond acceptors (Lipinski definition) is 0. The van der Waals surface area contributed by atoms with Crippen LogP contribution in [0.1, 0.15) is 53.4 Å². The number of allylic oxidation sites excluding steroid dienone is 2. The minimum Gasteiger partial charge on any atom is -0.0847 e. The van der Waals surface area contributed by atoms with Crippen molar-refractivity contribution in [3.8, 4) is 0 Å². The van der Waals surface area contributed by atoms with Crippen LogP contribution >= 0.6 is 0 Å². The Morgan fingerprint density at radius 1 is 1.27 bits per heavy atom. The van der Waals surface area contributed by atoms with Gasteiger partial charge in [-0.25, -0.2) is 0 Å². The predicted molar refractivity (Wildman–Crippen MR) is 64.6 cm³/mol. The number of fused-ring (bicyclic) bond motifs is 1. The summed E-state index contributed by atoms with van der Waals surface area (Å²) >= 11 is 0. The van der Waals surface area contributed by atoms with Gasteiger partial charge in [-0.05, 0) is 61.2 Å². The van der Waals surface area contributed by atoms with E-state index in [0.717, 1.165) is 17.8 Å². The molecule has 2 unspecified atom stereocenters. The van der Waals surface area contributed by atoms with Crippen molar-refractivity contribution < 1.29 is 0 Å². The second-order valence-corrected chi connectivity index (χ2v) is 6.99. The van der Waals surface area contributed by atoms with Crippen LogP contribution < -0.4 is 0 Å². The van der Waals surface area contributed by atoms with Gasteiger partial charge in [0, 0.05) is 0 Å². The average molecular weight is 204 g/mol. The monoisotopic (exact) mass is 204 g/mol. The standard InChI is InChI=1S/C15H24/c1-10-7-8-15-9-12(10)14(3,4)13(15)6-5-11(15)2/h7,11-13H,5-6,8-9H2,1-4H3/t11-,12?,13?,15-/m0/s1. The molecule has 3 aliphatic carbocycles. The van der Waals surface area contributed by atoms with Crippen molar-refractivity contribution in [3.05, 3.63) is 11.6 Å². The fourth-order valence-corrected chi connectivity index (χ4v) is 5.35. The van der Waals surface area contributed by atoms with E-state index in [-0.39, 0.29) is 0 Å². The smallest absolute Gasteiger partial charge is 0.0146 e. The van der Waals surface area contributed by atoms with Crippen LogP contribution in [0.25, 0.3) is 0 Å². The van der Waals surface area contributed by atoms with Gasteiger partial charge in [0.25, 0.3) is 0 Å². The highest BCUT2D eigenvalue weighted by Gasteiger charge is 2.62. The van der Waals surface area contributed by atoms with E-state index in [0.29, 0.717) is 10.8 Å². The first kappa shape index (κ1) is 9.93. The summed E-state index contributed by atoms with van der Waals surface area (Å²) in [6.07, 6.45) is 8.41. The molecule has 4 atom stereocenters. The van der Waals surface area contributed by atoms with Crippen LogP contribution in [0.3, 0.4) is 0 Å². The number of rotatable bonds is 0. The lowest BCUT2D eigenvalue weighted by Gasteiger charge is -2.36. The zero-order chi connectivity index (χ0) is 10.8. The SMILES string of the molecule is CC1=CC[C@@]23CC1C(C)(C)C2CC[C@@H]3C. The van der Waals surface area contributed by atoms with Gasteiger partial charge in [0.05, 0.1) is 0 Å². The highest BCUT2D eigenvalue weighted by molar-refractivity contribution is 5.25. The fourth-order valence-electron chi connectivity index (χ4n) is 5.35. The Morgan fingerprint density at radius 3 is 2.73 bits per heavy atom. The lowest BCUT2D eigenvalue weighted by Crippen LogP contribution is -2.30. The number of hydrogen-bond donors (Lipinski definition) is 0. The third-order valence-electron chi connectivity index (χ3n) is 6.30. The first-order valence-electron chi connectivity index (χ1n) is 6.65. The Bertz CT molecular complexity index is 323. The van der Waals surface area contributed by atoms with Crippen LogP contribution in [0.4, 0.5) is 0 Å². The van der Waals surface area contributed by atoms with E-state index < -0.39 is 0 Å². The Hall–Kier alpha value is -0.260. The minimum absolute atomic E-state index is 0.571. The molecule has 0 saturated heterocycles. The molecule has 2 bridgehead atoms. The first-order chi connectivity index (χ1) is 6.98. The molecule has 0 aromatic heterocycles. The van der Waals surface area contributed by atoms with E-state index in [1.165, 1.54) is 25.7 Å². The molecule has 0 aromatic rings. The molecule has 0 aromatic carbocycles. The maximum atomic E-state index is 2.57. The lowest BCUT2D eigenvalue weighted by molar-refractivity contribution is 0.128. The van der Waals surface area contributed by atoms with Crippen molar-refractivity contribution in [2.24, 2.45) is 28.6 Å². The molecule has 1 spiro atoms. The quantitative estimate of drug-likeness (QED) is 0.513. The molecule has 3 aliphatic rings. The topological polar surface area (TPSA) is 0 Å². The summed E-state index contributed by atoms with van der Waals surface area (Å²) in [6.45, 7) is 9.94. The second-order valence-electron chi connectivity index (χ2n) is 6.99. The molecule has 0 nitrogen and oxygen atoms in total. The van der Waals surface area contributed by atoms with Gasteiger partial charge in [-0.1, -0.05) is 32.4 Å². The third-order valence-corrected chi connectivity index (χ3v) is 6.30. The molecule has 2 saturated carbocycles. The molecule has 84 valence electrons. The van der Waals surface area contributed by atoms with E-state index >= 15 is 0 Å². The predicted octanol–water partition coefficient (Wildman–Crippen LogP) is 4.42. The van der Waals surface area contributed by atoms with Crippen LogP contribution in [0, 0.1) is 28.6 Å². The Kier molecular flexibility index (Phi) is 1.79. The normalized spacial score (nSPS) is 51.5. The van der Waals surface area contributed by atoms with Gasteiger partial charge in [0.15, 0.2) is 0 Å². The van der Waals surface area contributed by atoms with Crippen molar-refractivity contribution in [2.75, 3.05) is 0 Å². The van der Waals surface area contributed by atoms with Crippen molar-refractivity contribution in [3.63, 3.8) is 0 Å². The fraction of sp³-hybridized carbons (Fsp3) is 0.867. The summed E-state index contributed by atoms with van der Waals surface area (Å²) in [6, 6.07) is 0. The maximum Gasteiger partial charge on any atom is -0.0146 e. The van der Waals surface area contributed by atoms with E-state index in [1.807, 2.05) is 0 Å².